The Morgan fingerprint density at radius 3 is 2.35 bits per heavy atom. The van der Waals surface area contributed by atoms with E-state index in [0.29, 0.717) is 6.61 Å². The minimum Gasteiger partial charge on any atom is -0.496 e. The van der Waals surface area contributed by atoms with Crippen LogP contribution in [0.15, 0.2) is 12.1 Å². The predicted octanol–water partition coefficient (Wildman–Crippen LogP) is 3.54. The number of halogens is 1. The van der Waals surface area contributed by atoms with Crippen molar-refractivity contribution in [2.24, 2.45) is 5.41 Å². The molecule has 0 spiro atoms. The minimum atomic E-state index is -0.351. The number of hydrogen-bond donors (Lipinski definition) is 1. The molecule has 2 rings (SSSR count). The number of benzene rings is 1. The van der Waals surface area contributed by atoms with Gasteiger partial charge in [-0.1, -0.05) is 26.0 Å². The van der Waals surface area contributed by atoms with Crippen molar-refractivity contribution in [1.82, 2.24) is 5.32 Å². The van der Waals surface area contributed by atoms with Crippen LogP contribution in [-0.2, 0) is 4.74 Å². The van der Waals surface area contributed by atoms with Gasteiger partial charge < -0.3 is 14.8 Å². The molecule has 20 heavy (non-hydrogen) atoms. The van der Waals surface area contributed by atoms with Gasteiger partial charge in [0.25, 0.3) is 0 Å². The fraction of sp³-hybridized carbons (Fsp3) is 0.533. The van der Waals surface area contributed by atoms with Crippen molar-refractivity contribution in [3.8, 4) is 5.75 Å². The largest absolute Gasteiger partial charge is 0.496 e. The molecule has 0 radical (unpaired) electrons. The number of carbonyl (C=O) groups is 1. The molecule has 1 N–H and O–H groups in total. The highest BCUT2D eigenvalue weighted by molar-refractivity contribution is 5.85. The first-order valence-electron chi connectivity index (χ1n) is 6.43. The Morgan fingerprint density at radius 2 is 1.85 bits per heavy atom. The molecule has 1 atom stereocenters. The molecule has 112 valence electrons. The van der Waals surface area contributed by atoms with Crippen LogP contribution in [-0.4, -0.2) is 19.8 Å². The Hall–Kier alpha value is -1.42. The topological polar surface area (TPSA) is 47.6 Å². The molecule has 1 amide bonds. The Morgan fingerprint density at radius 1 is 1.30 bits per heavy atom. The van der Waals surface area contributed by atoms with Crippen LogP contribution in [0.2, 0.25) is 0 Å². The van der Waals surface area contributed by atoms with Crippen LogP contribution in [0.3, 0.4) is 0 Å². The van der Waals surface area contributed by atoms with Crippen molar-refractivity contribution in [2.45, 2.75) is 33.7 Å². The van der Waals surface area contributed by atoms with E-state index in [1.165, 1.54) is 0 Å². The highest BCUT2D eigenvalue weighted by atomic mass is 35.5. The Labute approximate surface area is 126 Å². The lowest BCUT2D eigenvalue weighted by atomic mass is 9.79. The lowest BCUT2D eigenvalue weighted by Crippen LogP contribution is -2.46. The highest BCUT2D eigenvalue weighted by Gasteiger charge is 2.38. The summed E-state index contributed by atoms with van der Waals surface area (Å²) in [4.78, 5) is 11.5. The monoisotopic (exact) mass is 299 g/mol. The quantitative estimate of drug-likeness (QED) is 0.908. The summed E-state index contributed by atoms with van der Waals surface area (Å²) in [5.41, 5.74) is 3.11. The summed E-state index contributed by atoms with van der Waals surface area (Å²) in [5.74, 6) is 0.903. The lowest BCUT2D eigenvalue weighted by Gasteiger charge is -2.38. The van der Waals surface area contributed by atoms with E-state index in [1.54, 1.807) is 7.11 Å². The molecule has 0 aliphatic carbocycles. The maximum atomic E-state index is 11.5. The highest BCUT2D eigenvalue weighted by Crippen LogP contribution is 2.38. The molecule has 4 nitrogen and oxygen atoms in total. The molecule has 1 fully saturated rings. The number of alkyl carbamates (subject to hydrolysis) is 1. The van der Waals surface area contributed by atoms with E-state index in [4.69, 9.17) is 9.47 Å². The van der Waals surface area contributed by atoms with Crippen molar-refractivity contribution < 1.29 is 14.3 Å². The van der Waals surface area contributed by atoms with Crippen molar-refractivity contribution in [1.29, 1.82) is 0 Å². The van der Waals surface area contributed by atoms with Crippen molar-refractivity contribution in [3.63, 3.8) is 0 Å². The van der Waals surface area contributed by atoms with E-state index in [9.17, 15) is 4.79 Å². The van der Waals surface area contributed by atoms with E-state index >= 15 is 0 Å². The number of amides is 1. The van der Waals surface area contributed by atoms with Crippen LogP contribution in [0.5, 0.6) is 5.75 Å². The summed E-state index contributed by atoms with van der Waals surface area (Å²) in [5, 5.41) is 2.91. The van der Waals surface area contributed by atoms with Gasteiger partial charge in [-0.25, -0.2) is 4.79 Å². The average Bonchev–Trinajstić information content (AvgIpc) is 2.32. The third-order valence-corrected chi connectivity index (χ3v) is 3.64. The van der Waals surface area contributed by atoms with E-state index in [-0.39, 0.29) is 30.0 Å². The zero-order valence-corrected chi connectivity index (χ0v) is 13.4. The van der Waals surface area contributed by atoms with Crippen LogP contribution in [0, 0.1) is 19.3 Å². The number of carbonyl (C=O) groups excluding carboxylic acids is 1. The van der Waals surface area contributed by atoms with Crippen molar-refractivity contribution in [3.05, 3.63) is 28.8 Å². The first-order valence-corrected chi connectivity index (χ1v) is 6.43. The number of cyclic esters (lactones) is 1. The number of methoxy groups -OCH3 is 1. The Bertz CT molecular complexity index is 491. The first kappa shape index (κ1) is 16.6. The van der Waals surface area contributed by atoms with Crippen LogP contribution < -0.4 is 10.1 Å². The van der Waals surface area contributed by atoms with Gasteiger partial charge in [0.05, 0.1) is 13.2 Å². The number of aryl methyl sites for hydroxylation is 2. The van der Waals surface area contributed by atoms with Gasteiger partial charge in [0.1, 0.15) is 12.4 Å². The van der Waals surface area contributed by atoms with E-state index in [1.807, 2.05) is 13.8 Å². The Balaban J connectivity index is 0.00000200. The zero-order chi connectivity index (χ0) is 14.2. The molecule has 5 heteroatoms. The summed E-state index contributed by atoms with van der Waals surface area (Å²) < 4.78 is 10.5. The van der Waals surface area contributed by atoms with E-state index < -0.39 is 0 Å². The van der Waals surface area contributed by atoms with Crippen LogP contribution >= 0.6 is 12.4 Å². The van der Waals surface area contributed by atoms with Gasteiger partial charge >= 0.3 is 6.09 Å². The Kier molecular flexibility index (Phi) is 4.92. The lowest BCUT2D eigenvalue weighted by molar-refractivity contribution is 0.0387. The van der Waals surface area contributed by atoms with E-state index in [0.717, 1.165) is 22.4 Å². The molecular weight excluding hydrogens is 278 g/mol. The normalized spacial score (nSPS) is 20.4. The molecular formula is C15H22ClNO3. The molecule has 0 saturated carbocycles. The summed E-state index contributed by atoms with van der Waals surface area (Å²) in [6.45, 7) is 8.64. The van der Waals surface area contributed by atoms with Gasteiger partial charge in [-0.3, -0.25) is 0 Å². The zero-order valence-electron chi connectivity index (χ0n) is 12.6. The molecule has 1 aromatic rings. The number of nitrogens with one attached hydrogen (secondary N) is 1. The number of ether oxygens (including phenoxy) is 2. The van der Waals surface area contributed by atoms with Gasteiger partial charge in [-0.05, 0) is 30.5 Å². The van der Waals surface area contributed by atoms with Gasteiger partial charge in [0.15, 0.2) is 0 Å². The SMILES string of the molecule is COc1c(C)cc([C@@H]2NC(=O)OCC2(C)C)cc1C.Cl. The molecule has 1 aromatic carbocycles. The standard InChI is InChI=1S/C15H21NO3.ClH/c1-9-6-11(7-10(2)12(9)18-5)13-15(3,4)8-19-14(17)16-13;/h6-7,13H,8H2,1-5H3,(H,16,17);1H/t13-;/m0./s1. The second-order valence-electron chi connectivity index (χ2n) is 5.83. The molecule has 0 bridgehead atoms. The third-order valence-electron chi connectivity index (χ3n) is 3.64. The molecule has 0 unspecified atom stereocenters. The molecule has 0 aromatic heterocycles. The predicted molar refractivity (Wildman–Crippen MR) is 80.7 cm³/mol. The molecule has 1 aliphatic heterocycles. The second-order valence-corrected chi connectivity index (χ2v) is 5.83. The molecule has 1 heterocycles. The maximum absolute atomic E-state index is 11.5. The average molecular weight is 300 g/mol. The minimum absolute atomic E-state index is 0. The summed E-state index contributed by atoms with van der Waals surface area (Å²) in [6, 6.07) is 4.10. The van der Waals surface area contributed by atoms with Gasteiger partial charge in [0.2, 0.25) is 0 Å². The third kappa shape index (κ3) is 3.01. The maximum Gasteiger partial charge on any atom is 0.407 e. The van der Waals surface area contributed by atoms with Crippen LogP contribution in [0.1, 0.15) is 36.6 Å². The van der Waals surface area contributed by atoms with Gasteiger partial charge in [0, 0.05) is 5.41 Å². The number of rotatable bonds is 2. The second kappa shape index (κ2) is 5.92. The van der Waals surface area contributed by atoms with Gasteiger partial charge in [-0.15, -0.1) is 12.4 Å². The van der Waals surface area contributed by atoms with Gasteiger partial charge in [-0.2, -0.15) is 0 Å². The number of hydrogen-bond acceptors (Lipinski definition) is 3. The van der Waals surface area contributed by atoms with Crippen LogP contribution in [0.4, 0.5) is 4.79 Å². The fourth-order valence-electron chi connectivity index (χ4n) is 2.70. The fourth-order valence-corrected chi connectivity index (χ4v) is 2.70. The van der Waals surface area contributed by atoms with Crippen molar-refractivity contribution >= 4 is 18.5 Å². The summed E-state index contributed by atoms with van der Waals surface area (Å²) >= 11 is 0. The van der Waals surface area contributed by atoms with E-state index in [2.05, 4.69) is 31.3 Å². The smallest absolute Gasteiger partial charge is 0.407 e. The molecule has 1 aliphatic rings. The van der Waals surface area contributed by atoms with Crippen LogP contribution in [0.25, 0.3) is 0 Å². The summed E-state index contributed by atoms with van der Waals surface area (Å²) in [7, 11) is 1.68. The molecule has 1 saturated heterocycles. The first-order chi connectivity index (χ1) is 8.85. The summed E-state index contributed by atoms with van der Waals surface area (Å²) in [6.07, 6.45) is -0.351. The van der Waals surface area contributed by atoms with Crippen molar-refractivity contribution in [2.75, 3.05) is 13.7 Å².